The van der Waals surface area contributed by atoms with E-state index in [2.05, 4.69) is 16.9 Å². The van der Waals surface area contributed by atoms with Gasteiger partial charge in [-0.2, -0.15) is 0 Å². The molecule has 2 atom stereocenters. The molecule has 2 aromatic carbocycles. The zero-order valence-corrected chi connectivity index (χ0v) is 17.8. The number of H-pyrrole nitrogens is 1. The zero-order chi connectivity index (χ0) is 22.6. The summed E-state index contributed by atoms with van der Waals surface area (Å²) in [5.41, 5.74) is 2.93. The molecule has 1 amide bonds. The Bertz CT molecular complexity index is 1090. The van der Waals surface area contributed by atoms with E-state index in [0.29, 0.717) is 0 Å². The number of carbonyl (C=O) groups excluding carboxylic acids is 1. The molecule has 6 nitrogen and oxygen atoms in total. The van der Waals surface area contributed by atoms with E-state index in [9.17, 15) is 19.8 Å². The molecule has 162 valence electrons. The van der Waals surface area contributed by atoms with E-state index < -0.39 is 29.4 Å². The van der Waals surface area contributed by atoms with Crippen LogP contribution in [-0.4, -0.2) is 39.2 Å². The summed E-state index contributed by atoms with van der Waals surface area (Å²) in [7, 11) is 0. The molecule has 0 radical (unpaired) electrons. The van der Waals surface area contributed by atoms with Gasteiger partial charge in [-0.15, -0.1) is 6.58 Å². The van der Waals surface area contributed by atoms with Crippen molar-refractivity contribution in [3.05, 3.63) is 84.1 Å². The molecule has 0 saturated heterocycles. The van der Waals surface area contributed by atoms with E-state index in [1.165, 1.54) is 0 Å². The van der Waals surface area contributed by atoms with Crippen LogP contribution in [-0.2, 0) is 27.8 Å². The van der Waals surface area contributed by atoms with Crippen LogP contribution in [0.3, 0.4) is 0 Å². The van der Waals surface area contributed by atoms with Gasteiger partial charge in [-0.3, -0.25) is 4.79 Å². The second-order valence-corrected chi connectivity index (χ2v) is 8.26. The fourth-order valence-corrected chi connectivity index (χ4v) is 3.67. The molecule has 0 spiro atoms. The van der Waals surface area contributed by atoms with Crippen LogP contribution in [0, 0.1) is 0 Å². The summed E-state index contributed by atoms with van der Waals surface area (Å²) in [5.74, 6) is -1.87. The Morgan fingerprint density at radius 3 is 2.39 bits per heavy atom. The monoisotopic (exact) mass is 420 g/mol. The van der Waals surface area contributed by atoms with Crippen molar-refractivity contribution < 1.29 is 19.8 Å². The molecule has 0 aliphatic rings. The number of aliphatic hydroxyl groups excluding tert-OH is 1. The van der Waals surface area contributed by atoms with E-state index >= 15 is 0 Å². The average Bonchev–Trinajstić information content (AvgIpc) is 3.13. The summed E-state index contributed by atoms with van der Waals surface area (Å²) in [5, 5.41) is 23.5. The first kappa shape index (κ1) is 22.3. The maximum atomic E-state index is 12.5. The zero-order valence-electron chi connectivity index (χ0n) is 17.8. The van der Waals surface area contributed by atoms with Gasteiger partial charge in [0.25, 0.3) is 0 Å². The number of aromatic amines is 1. The third kappa shape index (κ3) is 5.03. The van der Waals surface area contributed by atoms with Crippen molar-refractivity contribution in [3.8, 4) is 0 Å². The van der Waals surface area contributed by atoms with Gasteiger partial charge in [0.15, 0.2) is 0 Å². The number of aliphatic carboxylic acids is 1. The van der Waals surface area contributed by atoms with Crippen LogP contribution in [0.4, 0.5) is 0 Å². The number of hydrogen-bond donors (Lipinski definition) is 4. The lowest BCUT2D eigenvalue weighted by Gasteiger charge is -2.23. The van der Waals surface area contributed by atoms with Crippen LogP contribution < -0.4 is 5.32 Å². The molecular formula is C25H28N2O4. The van der Waals surface area contributed by atoms with Crippen LogP contribution >= 0.6 is 0 Å². The minimum absolute atomic E-state index is 0.0791. The SMILES string of the molecule is C=CC(C)(C)c1[nH]c2ccccc2c1CC(NC(=O)C(O)Cc1ccccc1)C(=O)O. The van der Waals surface area contributed by atoms with Gasteiger partial charge in [0.1, 0.15) is 12.1 Å². The minimum atomic E-state index is -1.34. The normalized spacial score (nSPS) is 13.5. The second kappa shape index (κ2) is 9.18. The predicted molar refractivity (Wildman–Crippen MR) is 121 cm³/mol. The Morgan fingerprint density at radius 2 is 1.74 bits per heavy atom. The van der Waals surface area contributed by atoms with Gasteiger partial charge in [0.05, 0.1) is 0 Å². The average molecular weight is 421 g/mol. The summed E-state index contributed by atoms with van der Waals surface area (Å²) in [6.07, 6.45) is 0.659. The van der Waals surface area contributed by atoms with E-state index in [1.54, 1.807) is 18.2 Å². The number of allylic oxidation sites excluding steroid dienone is 1. The molecule has 0 aliphatic heterocycles. The number of para-hydroxylation sites is 1. The van der Waals surface area contributed by atoms with Crippen molar-refractivity contribution in [2.75, 3.05) is 0 Å². The number of hydrogen-bond acceptors (Lipinski definition) is 3. The van der Waals surface area contributed by atoms with Crippen molar-refractivity contribution in [3.63, 3.8) is 0 Å². The van der Waals surface area contributed by atoms with E-state index in [-0.39, 0.29) is 12.8 Å². The van der Waals surface area contributed by atoms with Gasteiger partial charge >= 0.3 is 5.97 Å². The minimum Gasteiger partial charge on any atom is -0.480 e. The molecule has 0 fully saturated rings. The number of carboxylic acids is 1. The first-order valence-electron chi connectivity index (χ1n) is 10.2. The second-order valence-electron chi connectivity index (χ2n) is 8.26. The van der Waals surface area contributed by atoms with Gasteiger partial charge in [-0.05, 0) is 17.2 Å². The third-order valence-electron chi connectivity index (χ3n) is 5.57. The Morgan fingerprint density at radius 1 is 1.10 bits per heavy atom. The lowest BCUT2D eigenvalue weighted by Crippen LogP contribution is -2.47. The van der Waals surface area contributed by atoms with Crippen molar-refractivity contribution >= 4 is 22.8 Å². The summed E-state index contributed by atoms with van der Waals surface area (Å²) < 4.78 is 0. The highest BCUT2D eigenvalue weighted by molar-refractivity contribution is 5.89. The summed E-state index contributed by atoms with van der Waals surface area (Å²) in [6.45, 7) is 7.89. The van der Waals surface area contributed by atoms with Gasteiger partial charge in [0.2, 0.25) is 5.91 Å². The largest absolute Gasteiger partial charge is 0.480 e. The molecule has 0 bridgehead atoms. The molecule has 1 aromatic heterocycles. The van der Waals surface area contributed by atoms with Gasteiger partial charge in [-0.1, -0.05) is 68.5 Å². The number of benzene rings is 2. The fourth-order valence-electron chi connectivity index (χ4n) is 3.67. The molecule has 3 aromatic rings. The fraction of sp³-hybridized carbons (Fsp3) is 0.280. The first-order valence-corrected chi connectivity index (χ1v) is 10.2. The number of aromatic nitrogens is 1. The number of amides is 1. The maximum absolute atomic E-state index is 12.5. The van der Waals surface area contributed by atoms with Crippen LogP contribution in [0.15, 0.2) is 67.3 Å². The van der Waals surface area contributed by atoms with Gasteiger partial charge in [0, 0.05) is 34.9 Å². The van der Waals surface area contributed by atoms with Crippen molar-refractivity contribution in [2.24, 2.45) is 0 Å². The molecule has 0 aliphatic carbocycles. The lowest BCUT2D eigenvalue weighted by atomic mass is 9.85. The predicted octanol–water partition coefficient (Wildman–Crippen LogP) is 3.35. The highest BCUT2D eigenvalue weighted by Crippen LogP contribution is 2.33. The number of rotatable bonds is 9. The Balaban J connectivity index is 1.86. The summed E-state index contributed by atoms with van der Waals surface area (Å²) in [4.78, 5) is 27.9. The van der Waals surface area contributed by atoms with Crippen molar-refractivity contribution in [1.82, 2.24) is 10.3 Å². The molecule has 3 rings (SSSR count). The number of aliphatic hydroxyl groups is 1. The molecule has 2 unspecified atom stereocenters. The van der Waals surface area contributed by atoms with E-state index in [1.807, 2.05) is 56.3 Å². The molecule has 31 heavy (non-hydrogen) atoms. The van der Waals surface area contributed by atoms with Gasteiger partial charge in [-0.25, -0.2) is 4.79 Å². The number of nitrogens with one attached hydrogen (secondary N) is 2. The van der Waals surface area contributed by atoms with Crippen LogP contribution in [0.25, 0.3) is 10.9 Å². The van der Waals surface area contributed by atoms with Crippen molar-refractivity contribution in [1.29, 1.82) is 0 Å². The van der Waals surface area contributed by atoms with E-state index in [0.717, 1.165) is 27.7 Å². The maximum Gasteiger partial charge on any atom is 0.326 e. The van der Waals surface area contributed by atoms with Crippen LogP contribution in [0.2, 0.25) is 0 Å². The Kier molecular flexibility index (Phi) is 6.61. The summed E-state index contributed by atoms with van der Waals surface area (Å²) >= 11 is 0. The highest BCUT2D eigenvalue weighted by Gasteiger charge is 2.30. The summed E-state index contributed by atoms with van der Waals surface area (Å²) in [6, 6.07) is 15.6. The number of carbonyl (C=O) groups is 2. The molecule has 6 heteroatoms. The van der Waals surface area contributed by atoms with Crippen molar-refractivity contribution in [2.45, 2.75) is 44.2 Å². The van der Waals surface area contributed by atoms with E-state index in [4.69, 9.17) is 0 Å². The topological polar surface area (TPSA) is 102 Å². The standard InChI is InChI=1S/C25H28N2O4/c1-4-25(2,3)22-18(17-12-8-9-13-19(17)26-22)15-20(24(30)31)27-23(29)21(28)14-16-10-6-5-7-11-16/h4-13,20-21,26,28H,1,14-15H2,2-3H3,(H,27,29)(H,30,31). The van der Waals surface area contributed by atoms with Crippen LogP contribution in [0.5, 0.6) is 0 Å². The highest BCUT2D eigenvalue weighted by atomic mass is 16.4. The molecular weight excluding hydrogens is 392 g/mol. The molecule has 0 saturated carbocycles. The lowest BCUT2D eigenvalue weighted by molar-refractivity contribution is -0.143. The quantitative estimate of drug-likeness (QED) is 0.399. The smallest absolute Gasteiger partial charge is 0.326 e. The first-order chi connectivity index (χ1) is 14.7. The number of carboxylic acid groups (broad SMARTS) is 1. The Hall–Kier alpha value is -3.38. The molecule has 4 N–H and O–H groups in total. The molecule has 1 heterocycles. The third-order valence-corrected chi connectivity index (χ3v) is 5.57. The number of fused-ring (bicyclic) bond motifs is 1. The Labute approximate surface area is 181 Å². The van der Waals surface area contributed by atoms with Crippen LogP contribution in [0.1, 0.15) is 30.7 Å². The van der Waals surface area contributed by atoms with Gasteiger partial charge < -0.3 is 20.5 Å².